The van der Waals surface area contributed by atoms with Crippen molar-refractivity contribution in [1.29, 1.82) is 0 Å². The molecule has 0 saturated heterocycles. The third-order valence-electron chi connectivity index (χ3n) is 2.97. The Balaban J connectivity index is 2.39. The van der Waals surface area contributed by atoms with Crippen LogP contribution in [0, 0.1) is 0 Å². The molecule has 1 aromatic heterocycles. The number of Topliss-reactive ketones (excluding diaryl/α,β-unsaturated/α-hetero) is 1. The minimum absolute atomic E-state index is 0.0508. The fourth-order valence-electron chi connectivity index (χ4n) is 1.99. The molecule has 0 aliphatic carbocycles. The molecule has 122 valence electrons. The minimum Gasteiger partial charge on any atom is -0.324 e. The van der Waals surface area contributed by atoms with Crippen molar-refractivity contribution in [3.63, 3.8) is 0 Å². The molecule has 4 nitrogen and oxygen atoms in total. The number of thiophene rings is 1. The van der Waals surface area contributed by atoms with Crippen molar-refractivity contribution in [2.24, 2.45) is 0 Å². The second-order valence-corrected chi connectivity index (χ2v) is 6.96. The van der Waals surface area contributed by atoms with Crippen molar-refractivity contribution >= 4 is 51.9 Å². The van der Waals surface area contributed by atoms with Crippen molar-refractivity contribution < 1.29 is 9.59 Å². The van der Waals surface area contributed by atoms with Crippen LogP contribution in [0.2, 0.25) is 5.02 Å². The first kappa shape index (κ1) is 17.9. The van der Waals surface area contributed by atoms with Gasteiger partial charge < -0.3 is 10.2 Å². The molecular weight excluding hydrogens is 355 g/mol. The van der Waals surface area contributed by atoms with Gasteiger partial charge in [-0.25, -0.2) is 0 Å². The Kier molecular flexibility index (Phi) is 6.18. The maximum atomic E-state index is 12.4. The smallest absolute Gasteiger partial charge is 0.239 e. The number of benzene rings is 1. The third kappa shape index (κ3) is 4.78. The number of anilines is 1. The second-order valence-electron chi connectivity index (χ2n) is 5.20. The Labute approximate surface area is 149 Å². The van der Waals surface area contributed by atoms with E-state index in [9.17, 15) is 9.59 Å². The quantitative estimate of drug-likeness (QED) is 0.617. The number of amides is 1. The van der Waals surface area contributed by atoms with Crippen molar-refractivity contribution in [2.45, 2.75) is 0 Å². The zero-order valence-corrected chi connectivity index (χ0v) is 15.1. The SMILES string of the molecule is CN(C)CC(=O)c1sc(-c2ccc(Cl)cc2)cc1NC(=O)CCl. The molecule has 1 heterocycles. The van der Waals surface area contributed by atoms with E-state index in [1.165, 1.54) is 11.3 Å². The van der Waals surface area contributed by atoms with Crippen LogP contribution in [0.5, 0.6) is 0 Å². The molecule has 0 aliphatic rings. The number of rotatable bonds is 6. The van der Waals surface area contributed by atoms with E-state index < -0.39 is 0 Å². The molecule has 0 spiro atoms. The number of nitrogens with zero attached hydrogens (tertiary/aromatic N) is 1. The maximum absolute atomic E-state index is 12.4. The van der Waals surface area contributed by atoms with Crippen LogP contribution < -0.4 is 5.32 Å². The van der Waals surface area contributed by atoms with E-state index in [1.54, 1.807) is 23.1 Å². The Hall–Kier alpha value is -1.40. The van der Waals surface area contributed by atoms with Gasteiger partial charge >= 0.3 is 0 Å². The van der Waals surface area contributed by atoms with Gasteiger partial charge in [0.2, 0.25) is 5.91 Å². The number of hydrogen-bond donors (Lipinski definition) is 1. The van der Waals surface area contributed by atoms with Gasteiger partial charge in [-0.05, 0) is 37.9 Å². The topological polar surface area (TPSA) is 49.4 Å². The number of halogens is 2. The lowest BCUT2D eigenvalue weighted by Crippen LogP contribution is -2.22. The summed E-state index contributed by atoms with van der Waals surface area (Å²) in [7, 11) is 3.64. The first-order valence-corrected chi connectivity index (χ1v) is 8.57. The van der Waals surface area contributed by atoms with Gasteiger partial charge in [-0.2, -0.15) is 0 Å². The standard InChI is InChI=1S/C16H16Cl2N2O2S/c1-20(2)9-13(21)16-12(19-15(22)8-17)7-14(23-16)10-3-5-11(18)6-4-10/h3-7H,8-9H2,1-2H3,(H,19,22). The highest BCUT2D eigenvalue weighted by Crippen LogP contribution is 2.35. The first-order chi connectivity index (χ1) is 10.9. The summed E-state index contributed by atoms with van der Waals surface area (Å²) in [6.45, 7) is 0.268. The van der Waals surface area contributed by atoms with Crippen molar-refractivity contribution in [3.8, 4) is 10.4 Å². The second kappa shape index (κ2) is 7.93. The number of hydrogen-bond acceptors (Lipinski definition) is 4. The monoisotopic (exact) mass is 370 g/mol. The molecule has 0 bridgehead atoms. The Bertz CT molecular complexity index is 711. The highest BCUT2D eigenvalue weighted by atomic mass is 35.5. The summed E-state index contributed by atoms with van der Waals surface area (Å²) in [6.07, 6.45) is 0. The molecule has 2 aromatic rings. The maximum Gasteiger partial charge on any atom is 0.239 e. The average molecular weight is 371 g/mol. The fraction of sp³-hybridized carbons (Fsp3) is 0.250. The minimum atomic E-state index is -0.342. The van der Waals surface area contributed by atoms with Crippen LogP contribution in [0.4, 0.5) is 5.69 Å². The van der Waals surface area contributed by atoms with Gasteiger partial charge in [-0.3, -0.25) is 9.59 Å². The molecule has 0 radical (unpaired) electrons. The zero-order chi connectivity index (χ0) is 17.0. The predicted molar refractivity (Wildman–Crippen MR) is 97.0 cm³/mol. The molecular formula is C16H16Cl2N2O2S. The average Bonchev–Trinajstić information content (AvgIpc) is 2.91. The molecule has 1 N–H and O–H groups in total. The Morgan fingerprint density at radius 1 is 1.22 bits per heavy atom. The van der Waals surface area contributed by atoms with Gasteiger partial charge in [-0.1, -0.05) is 23.7 Å². The number of alkyl halides is 1. The molecule has 0 saturated carbocycles. The van der Waals surface area contributed by atoms with Crippen molar-refractivity contribution in [1.82, 2.24) is 4.90 Å². The van der Waals surface area contributed by atoms with Gasteiger partial charge in [0.15, 0.2) is 5.78 Å². The normalized spacial score (nSPS) is 10.8. The van der Waals surface area contributed by atoms with Crippen LogP contribution in [0.25, 0.3) is 10.4 Å². The van der Waals surface area contributed by atoms with Gasteiger partial charge in [0.05, 0.1) is 17.1 Å². The summed E-state index contributed by atoms with van der Waals surface area (Å²) in [5.74, 6) is -0.552. The third-order valence-corrected chi connectivity index (χ3v) is 4.69. The van der Waals surface area contributed by atoms with Gasteiger partial charge in [0.25, 0.3) is 0 Å². The van der Waals surface area contributed by atoms with E-state index in [-0.39, 0.29) is 24.1 Å². The highest BCUT2D eigenvalue weighted by molar-refractivity contribution is 7.18. The molecule has 0 fully saturated rings. The summed E-state index contributed by atoms with van der Waals surface area (Å²) in [4.78, 5) is 27.2. The van der Waals surface area contributed by atoms with Crippen LogP contribution in [0.15, 0.2) is 30.3 Å². The number of likely N-dealkylation sites (N-methyl/N-ethyl adjacent to an activating group) is 1. The Morgan fingerprint density at radius 2 is 1.87 bits per heavy atom. The molecule has 1 amide bonds. The molecule has 1 aromatic carbocycles. The van der Waals surface area contributed by atoms with Gasteiger partial charge in [-0.15, -0.1) is 22.9 Å². The summed E-state index contributed by atoms with van der Waals surface area (Å²) >= 11 is 12.8. The lowest BCUT2D eigenvalue weighted by molar-refractivity contribution is -0.113. The molecule has 0 aliphatic heterocycles. The van der Waals surface area contributed by atoms with Crippen LogP contribution >= 0.6 is 34.5 Å². The molecule has 0 atom stereocenters. The summed E-state index contributed by atoms with van der Waals surface area (Å²) < 4.78 is 0. The van der Waals surface area contributed by atoms with E-state index in [4.69, 9.17) is 23.2 Å². The van der Waals surface area contributed by atoms with Crippen molar-refractivity contribution in [2.75, 3.05) is 31.8 Å². The molecule has 23 heavy (non-hydrogen) atoms. The number of nitrogens with one attached hydrogen (secondary N) is 1. The van der Waals surface area contributed by atoms with Crippen LogP contribution in [0.1, 0.15) is 9.67 Å². The van der Waals surface area contributed by atoms with E-state index in [0.717, 1.165) is 10.4 Å². The predicted octanol–water partition coefficient (Wildman–Crippen LogP) is 3.99. The van der Waals surface area contributed by atoms with E-state index in [2.05, 4.69) is 5.32 Å². The summed E-state index contributed by atoms with van der Waals surface area (Å²) in [5.41, 5.74) is 1.43. The summed E-state index contributed by atoms with van der Waals surface area (Å²) in [6, 6.07) is 9.12. The first-order valence-electron chi connectivity index (χ1n) is 6.84. The lowest BCUT2D eigenvalue weighted by Gasteiger charge is -2.08. The molecule has 2 rings (SSSR count). The van der Waals surface area contributed by atoms with Gasteiger partial charge in [0, 0.05) is 9.90 Å². The lowest BCUT2D eigenvalue weighted by atomic mass is 10.2. The van der Waals surface area contributed by atoms with Crippen LogP contribution in [-0.4, -0.2) is 43.1 Å². The largest absolute Gasteiger partial charge is 0.324 e. The van der Waals surface area contributed by atoms with E-state index in [0.29, 0.717) is 15.6 Å². The van der Waals surface area contributed by atoms with E-state index >= 15 is 0 Å². The van der Waals surface area contributed by atoms with Gasteiger partial charge in [0.1, 0.15) is 5.88 Å². The van der Waals surface area contributed by atoms with Crippen LogP contribution in [0.3, 0.4) is 0 Å². The molecule has 0 unspecified atom stereocenters. The number of ketones is 1. The van der Waals surface area contributed by atoms with Crippen LogP contribution in [-0.2, 0) is 4.79 Å². The van der Waals surface area contributed by atoms with E-state index in [1.807, 2.05) is 26.2 Å². The number of carbonyl (C=O) groups excluding carboxylic acids is 2. The fourth-order valence-corrected chi connectivity index (χ4v) is 3.23. The highest BCUT2D eigenvalue weighted by Gasteiger charge is 2.19. The summed E-state index contributed by atoms with van der Waals surface area (Å²) in [5, 5.41) is 3.33. The zero-order valence-electron chi connectivity index (χ0n) is 12.7. The number of carbonyl (C=O) groups is 2. The Morgan fingerprint density at radius 3 is 2.43 bits per heavy atom. The molecule has 7 heteroatoms. The van der Waals surface area contributed by atoms with Crippen molar-refractivity contribution in [3.05, 3.63) is 40.2 Å².